The number of rotatable bonds is 3. The topological polar surface area (TPSA) is 47.0 Å². The summed E-state index contributed by atoms with van der Waals surface area (Å²) in [5.41, 5.74) is 3.84. The van der Waals surface area contributed by atoms with Gasteiger partial charge in [0.15, 0.2) is 0 Å². The average Bonchev–Trinajstić information content (AvgIpc) is 2.60. The molecule has 2 rings (SSSR count). The van der Waals surface area contributed by atoms with Crippen LogP contribution in [0.5, 0.6) is 0 Å². The van der Waals surface area contributed by atoms with Gasteiger partial charge >= 0.3 is 0 Å². The number of H-pyrrole nitrogens is 1. The van der Waals surface area contributed by atoms with Gasteiger partial charge in [-0.2, -0.15) is 0 Å². The van der Waals surface area contributed by atoms with E-state index in [1.54, 1.807) is 17.9 Å². The first-order chi connectivity index (χ1) is 8.11. The van der Waals surface area contributed by atoms with Gasteiger partial charge in [-0.05, 0) is 25.5 Å². The third-order valence-corrected chi connectivity index (χ3v) is 2.67. The molecule has 1 N–H and O–H groups in total. The lowest BCUT2D eigenvalue weighted by Crippen LogP contribution is -2.14. The second kappa shape index (κ2) is 4.59. The van der Waals surface area contributed by atoms with Crippen LogP contribution < -0.4 is 5.56 Å². The first-order valence-corrected chi connectivity index (χ1v) is 5.49. The van der Waals surface area contributed by atoms with Crippen molar-refractivity contribution in [3.63, 3.8) is 0 Å². The van der Waals surface area contributed by atoms with Gasteiger partial charge in [0.05, 0.1) is 18.0 Å². The van der Waals surface area contributed by atoms with Crippen molar-refractivity contribution in [2.24, 2.45) is 0 Å². The van der Waals surface area contributed by atoms with E-state index in [0.29, 0.717) is 6.61 Å². The summed E-state index contributed by atoms with van der Waals surface area (Å²) in [6.45, 7) is 4.43. The fraction of sp³-hybridized carbons (Fsp3) is 0.308. The number of aromatic nitrogens is 2. The van der Waals surface area contributed by atoms with Gasteiger partial charge in [0.2, 0.25) is 0 Å². The predicted molar refractivity (Wildman–Crippen MR) is 66.6 cm³/mol. The summed E-state index contributed by atoms with van der Waals surface area (Å²) in [7, 11) is 1.60. The number of benzene rings is 1. The molecule has 1 aromatic carbocycles. The first kappa shape index (κ1) is 11.7. The molecule has 0 bridgehead atoms. The van der Waals surface area contributed by atoms with Crippen molar-refractivity contribution in [1.29, 1.82) is 0 Å². The highest BCUT2D eigenvalue weighted by atomic mass is 16.5. The van der Waals surface area contributed by atoms with Gasteiger partial charge in [0.25, 0.3) is 5.56 Å². The fourth-order valence-electron chi connectivity index (χ4n) is 1.91. The van der Waals surface area contributed by atoms with Crippen LogP contribution in [-0.2, 0) is 11.3 Å². The van der Waals surface area contributed by atoms with Crippen molar-refractivity contribution in [3.8, 4) is 5.69 Å². The Morgan fingerprint density at radius 3 is 2.71 bits per heavy atom. The number of methoxy groups -OCH3 is 1. The minimum Gasteiger partial charge on any atom is -0.378 e. The minimum absolute atomic E-state index is 0.0657. The van der Waals surface area contributed by atoms with Crippen LogP contribution in [0.25, 0.3) is 5.69 Å². The van der Waals surface area contributed by atoms with E-state index < -0.39 is 0 Å². The lowest BCUT2D eigenvalue weighted by Gasteiger charge is -2.07. The molecule has 0 spiro atoms. The highest BCUT2D eigenvalue weighted by molar-refractivity contribution is 5.41. The maximum absolute atomic E-state index is 11.8. The summed E-state index contributed by atoms with van der Waals surface area (Å²) in [5, 5.41) is 3.04. The largest absolute Gasteiger partial charge is 0.378 e. The summed E-state index contributed by atoms with van der Waals surface area (Å²) in [6, 6.07) is 7.55. The molecule has 1 heterocycles. The van der Waals surface area contributed by atoms with Crippen molar-refractivity contribution in [1.82, 2.24) is 9.78 Å². The molecule has 4 heteroatoms. The standard InChI is InChI=1S/C13H16N2O2/c1-9-4-5-12(10(2)6-9)15-13(16)7-11(14-15)8-17-3/h4-7,14H,8H2,1-3H3. The number of aromatic amines is 1. The normalized spacial score (nSPS) is 10.8. The Hall–Kier alpha value is -1.81. The van der Waals surface area contributed by atoms with Crippen LogP contribution in [0.3, 0.4) is 0 Å². The molecule has 0 aliphatic heterocycles. The Morgan fingerprint density at radius 2 is 2.06 bits per heavy atom. The lowest BCUT2D eigenvalue weighted by atomic mass is 10.1. The second-order valence-electron chi connectivity index (χ2n) is 4.18. The predicted octanol–water partition coefficient (Wildman–Crippen LogP) is 1.93. The Morgan fingerprint density at radius 1 is 1.29 bits per heavy atom. The molecule has 0 aliphatic carbocycles. The first-order valence-electron chi connectivity index (χ1n) is 5.49. The van der Waals surface area contributed by atoms with E-state index in [1.165, 1.54) is 5.56 Å². The summed E-state index contributed by atoms with van der Waals surface area (Å²) in [5.74, 6) is 0. The van der Waals surface area contributed by atoms with Gasteiger partial charge in [-0.3, -0.25) is 9.89 Å². The zero-order chi connectivity index (χ0) is 12.4. The van der Waals surface area contributed by atoms with Crippen molar-refractivity contribution >= 4 is 0 Å². The minimum atomic E-state index is -0.0657. The molecule has 4 nitrogen and oxygen atoms in total. The lowest BCUT2D eigenvalue weighted by molar-refractivity contribution is 0.181. The third kappa shape index (κ3) is 2.31. The third-order valence-electron chi connectivity index (χ3n) is 2.67. The van der Waals surface area contributed by atoms with Crippen LogP contribution in [0, 0.1) is 13.8 Å². The van der Waals surface area contributed by atoms with Crippen molar-refractivity contribution in [2.45, 2.75) is 20.5 Å². The maximum Gasteiger partial charge on any atom is 0.271 e. The monoisotopic (exact) mass is 232 g/mol. The molecule has 0 radical (unpaired) electrons. The van der Waals surface area contributed by atoms with Crippen LogP contribution in [0.2, 0.25) is 0 Å². The zero-order valence-electron chi connectivity index (χ0n) is 10.3. The van der Waals surface area contributed by atoms with Gasteiger partial charge in [-0.25, -0.2) is 4.68 Å². The van der Waals surface area contributed by atoms with Crippen molar-refractivity contribution < 1.29 is 4.74 Å². The molecular weight excluding hydrogens is 216 g/mol. The molecule has 0 amide bonds. The molecule has 0 unspecified atom stereocenters. The Labute approximate surface area is 99.8 Å². The fourth-order valence-corrected chi connectivity index (χ4v) is 1.91. The van der Waals surface area contributed by atoms with Gasteiger partial charge < -0.3 is 4.74 Å². The number of aryl methyl sites for hydroxylation is 2. The van der Waals surface area contributed by atoms with Gasteiger partial charge in [0, 0.05) is 13.2 Å². The number of nitrogens with one attached hydrogen (secondary N) is 1. The number of nitrogens with zero attached hydrogens (tertiary/aromatic N) is 1. The van der Waals surface area contributed by atoms with E-state index in [-0.39, 0.29) is 5.56 Å². The van der Waals surface area contributed by atoms with E-state index in [0.717, 1.165) is 16.9 Å². The summed E-state index contributed by atoms with van der Waals surface area (Å²) >= 11 is 0. The quantitative estimate of drug-likeness (QED) is 0.879. The molecule has 17 heavy (non-hydrogen) atoms. The number of hydrogen-bond donors (Lipinski definition) is 1. The van der Waals surface area contributed by atoms with Gasteiger partial charge in [-0.15, -0.1) is 0 Å². The summed E-state index contributed by atoms with van der Waals surface area (Å²) in [6.07, 6.45) is 0. The Kier molecular flexibility index (Phi) is 3.15. The Bertz CT molecular complexity index is 581. The maximum atomic E-state index is 11.8. The number of hydrogen-bond acceptors (Lipinski definition) is 2. The number of ether oxygens (including phenoxy) is 1. The van der Waals surface area contributed by atoms with E-state index in [1.807, 2.05) is 26.0 Å². The van der Waals surface area contributed by atoms with Crippen molar-refractivity contribution in [3.05, 3.63) is 51.4 Å². The molecule has 1 aromatic heterocycles. The summed E-state index contributed by atoms with van der Waals surface area (Å²) in [4.78, 5) is 11.8. The highest BCUT2D eigenvalue weighted by Crippen LogP contribution is 2.13. The van der Waals surface area contributed by atoms with E-state index >= 15 is 0 Å². The van der Waals surface area contributed by atoms with E-state index in [9.17, 15) is 4.79 Å². The van der Waals surface area contributed by atoms with Crippen LogP contribution in [0.4, 0.5) is 0 Å². The second-order valence-corrected chi connectivity index (χ2v) is 4.18. The Balaban J connectivity index is 2.49. The smallest absolute Gasteiger partial charge is 0.271 e. The molecule has 0 fully saturated rings. The SMILES string of the molecule is COCc1cc(=O)n(-c2ccc(C)cc2C)[nH]1. The van der Waals surface area contributed by atoms with E-state index in [2.05, 4.69) is 11.2 Å². The van der Waals surface area contributed by atoms with Crippen LogP contribution >= 0.6 is 0 Å². The van der Waals surface area contributed by atoms with Crippen LogP contribution in [0.1, 0.15) is 16.8 Å². The molecule has 0 aliphatic rings. The van der Waals surface area contributed by atoms with Gasteiger partial charge in [0.1, 0.15) is 0 Å². The van der Waals surface area contributed by atoms with Crippen LogP contribution in [-0.4, -0.2) is 16.9 Å². The molecular formula is C13H16N2O2. The molecule has 2 aromatic rings. The highest BCUT2D eigenvalue weighted by Gasteiger charge is 2.07. The van der Waals surface area contributed by atoms with Gasteiger partial charge in [-0.1, -0.05) is 17.7 Å². The average molecular weight is 232 g/mol. The van der Waals surface area contributed by atoms with Crippen LogP contribution in [0.15, 0.2) is 29.1 Å². The molecule has 0 saturated heterocycles. The molecule has 90 valence electrons. The van der Waals surface area contributed by atoms with E-state index in [4.69, 9.17) is 4.74 Å². The molecule has 0 saturated carbocycles. The van der Waals surface area contributed by atoms with Crippen molar-refractivity contribution in [2.75, 3.05) is 7.11 Å². The summed E-state index contributed by atoms with van der Waals surface area (Å²) < 4.78 is 6.54. The zero-order valence-corrected chi connectivity index (χ0v) is 10.3. The molecule has 0 atom stereocenters.